The van der Waals surface area contributed by atoms with Crippen LogP contribution in [0.3, 0.4) is 0 Å². The van der Waals surface area contributed by atoms with E-state index in [1.54, 1.807) is 0 Å². The Morgan fingerprint density at radius 2 is 2.00 bits per heavy atom. The summed E-state index contributed by atoms with van der Waals surface area (Å²) >= 11 is 5.83. The van der Waals surface area contributed by atoms with Crippen molar-refractivity contribution in [2.24, 2.45) is 0 Å². The molecule has 0 aliphatic heterocycles. The van der Waals surface area contributed by atoms with Crippen LogP contribution >= 0.6 is 11.6 Å². The van der Waals surface area contributed by atoms with E-state index in [9.17, 15) is 15.0 Å². The number of halogens is 1. The molecule has 2 atom stereocenters. The molecular weight excluding hydrogens is 336 g/mol. The molecule has 1 aromatic carbocycles. The van der Waals surface area contributed by atoms with Crippen LogP contribution in [0.5, 0.6) is 0 Å². The maximum Gasteiger partial charge on any atom is 0.407 e. The molecule has 1 amide bonds. The first-order valence-corrected chi connectivity index (χ1v) is 7.43. The maximum absolute atomic E-state index is 11.6. The zero-order chi connectivity index (χ0) is 17.5. The molecule has 8 nitrogen and oxygen atoms in total. The fourth-order valence-electron chi connectivity index (χ4n) is 1.93. The molecule has 0 radical (unpaired) electrons. The molecule has 0 bridgehead atoms. The van der Waals surface area contributed by atoms with Crippen LogP contribution in [0.15, 0.2) is 36.7 Å². The van der Waals surface area contributed by atoms with Gasteiger partial charge in [-0.3, -0.25) is 0 Å². The summed E-state index contributed by atoms with van der Waals surface area (Å²) in [6, 6.07) is 9.13. The maximum atomic E-state index is 11.6. The van der Waals surface area contributed by atoms with Crippen LogP contribution < -0.4 is 11.1 Å². The standard InChI is InChI=1S/C15H17ClN4O4/c16-13-11(14(17)20-8-19-13)12(22)10(21)6-18-15(23)24-7-9-4-2-1-3-5-9/h1-5,8,10,12,21-22H,6-7H2,(H,18,23)(H2,17,19,20). The molecule has 128 valence electrons. The van der Waals surface area contributed by atoms with Crippen LogP contribution in [0.2, 0.25) is 5.15 Å². The summed E-state index contributed by atoms with van der Waals surface area (Å²) in [6.07, 6.45) is -2.40. The van der Waals surface area contributed by atoms with E-state index in [1.165, 1.54) is 0 Å². The summed E-state index contributed by atoms with van der Waals surface area (Å²) in [4.78, 5) is 19.0. The van der Waals surface area contributed by atoms with Gasteiger partial charge in [0.25, 0.3) is 0 Å². The number of alkyl carbamates (subject to hydrolysis) is 1. The van der Waals surface area contributed by atoms with Gasteiger partial charge in [-0.2, -0.15) is 0 Å². The molecule has 9 heteroatoms. The Labute approximate surface area is 143 Å². The van der Waals surface area contributed by atoms with Gasteiger partial charge in [0, 0.05) is 6.54 Å². The van der Waals surface area contributed by atoms with Gasteiger partial charge in [-0.25, -0.2) is 14.8 Å². The predicted molar refractivity (Wildman–Crippen MR) is 87.1 cm³/mol. The Balaban J connectivity index is 1.83. The highest BCUT2D eigenvalue weighted by molar-refractivity contribution is 6.30. The fourth-order valence-corrected chi connectivity index (χ4v) is 2.18. The fraction of sp³-hybridized carbons (Fsp3) is 0.267. The van der Waals surface area contributed by atoms with Gasteiger partial charge < -0.3 is 26.0 Å². The van der Waals surface area contributed by atoms with Crippen molar-refractivity contribution in [2.45, 2.75) is 18.8 Å². The zero-order valence-corrected chi connectivity index (χ0v) is 13.3. The Hall–Kier alpha value is -2.42. The molecule has 5 N–H and O–H groups in total. The van der Waals surface area contributed by atoms with Crippen LogP contribution in [0.25, 0.3) is 0 Å². The van der Waals surface area contributed by atoms with Crippen molar-refractivity contribution >= 4 is 23.5 Å². The smallest absolute Gasteiger partial charge is 0.407 e. The second-order valence-electron chi connectivity index (χ2n) is 4.92. The minimum atomic E-state index is -1.45. The highest BCUT2D eigenvalue weighted by Crippen LogP contribution is 2.27. The first-order valence-electron chi connectivity index (χ1n) is 7.05. The number of ether oxygens (including phenoxy) is 1. The molecule has 0 saturated carbocycles. The molecule has 2 unspecified atom stereocenters. The van der Waals surface area contributed by atoms with E-state index in [2.05, 4.69) is 15.3 Å². The van der Waals surface area contributed by atoms with Crippen molar-refractivity contribution in [1.29, 1.82) is 0 Å². The first kappa shape index (κ1) is 17.9. The summed E-state index contributed by atoms with van der Waals surface area (Å²) in [7, 11) is 0. The molecule has 0 saturated heterocycles. The van der Waals surface area contributed by atoms with Gasteiger partial charge >= 0.3 is 6.09 Å². The number of carbonyl (C=O) groups excluding carboxylic acids is 1. The Morgan fingerprint density at radius 3 is 2.67 bits per heavy atom. The summed E-state index contributed by atoms with van der Waals surface area (Å²) < 4.78 is 4.99. The number of hydrogen-bond donors (Lipinski definition) is 4. The number of aliphatic hydroxyl groups is 2. The van der Waals surface area contributed by atoms with E-state index >= 15 is 0 Å². The second kappa shape index (κ2) is 8.44. The van der Waals surface area contributed by atoms with E-state index in [1.807, 2.05) is 30.3 Å². The summed E-state index contributed by atoms with van der Waals surface area (Å²) in [5.74, 6) is -0.0480. The number of amides is 1. The predicted octanol–water partition coefficient (Wildman–Crippen LogP) is 1.03. The van der Waals surface area contributed by atoms with Crippen LogP contribution in [-0.4, -0.2) is 38.9 Å². The van der Waals surface area contributed by atoms with Gasteiger partial charge in [-0.15, -0.1) is 0 Å². The van der Waals surface area contributed by atoms with Crippen molar-refractivity contribution in [1.82, 2.24) is 15.3 Å². The quantitative estimate of drug-likeness (QED) is 0.571. The number of carbonyl (C=O) groups is 1. The SMILES string of the molecule is Nc1ncnc(Cl)c1C(O)C(O)CNC(=O)OCc1ccccc1. The largest absolute Gasteiger partial charge is 0.445 e. The molecule has 1 heterocycles. The highest BCUT2D eigenvalue weighted by atomic mass is 35.5. The molecule has 2 rings (SSSR count). The monoisotopic (exact) mass is 352 g/mol. The third-order valence-corrected chi connectivity index (χ3v) is 3.50. The highest BCUT2D eigenvalue weighted by Gasteiger charge is 2.25. The third kappa shape index (κ3) is 4.79. The summed E-state index contributed by atoms with van der Waals surface area (Å²) in [6.45, 7) is -0.171. The molecule has 1 aromatic heterocycles. The van der Waals surface area contributed by atoms with Crippen molar-refractivity contribution in [3.05, 3.63) is 52.9 Å². The van der Waals surface area contributed by atoms with Gasteiger partial charge in [-0.1, -0.05) is 41.9 Å². The van der Waals surface area contributed by atoms with Gasteiger partial charge in [0.15, 0.2) is 0 Å². The summed E-state index contributed by atoms with van der Waals surface area (Å²) in [5, 5.41) is 22.3. The van der Waals surface area contributed by atoms with Crippen LogP contribution in [-0.2, 0) is 11.3 Å². The second-order valence-corrected chi connectivity index (χ2v) is 5.28. The molecular formula is C15H17ClN4O4. The number of anilines is 1. The van der Waals surface area contributed by atoms with Crippen molar-refractivity contribution in [2.75, 3.05) is 12.3 Å². The van der Waals surface area contributed by atoms with Crippen molar-refractivity contribution < 1.29 is 19.7 Å². The number of benzene rings is 1. The van der Waals surface area contributed by atoms with E-state index in [0.717, 1.165) is 11.9 Å². The molecule has 2 aromatic rings. The number of aliphatic hydroxyl groups excluding tert-OH is 2. The molecule has 0 aliphatic carbocycles. The minimum absolute atomic E-state index is 0.00567. The zero-order valence-electron chi connectivity index (χ0n) is 12.6. The number of nitrogens with one attached hydrogen (secondary N) is 1. The Kier molecular flexibility index (Phi) is 6.30. The van der Waals surface area contributed by atoms with Crippen LogP contribution in [0.1, 0.15) is 17.2 Å². The van der Waals surface area contributed by atoms with E-state index in [0.29, 0.717) is 0 Å². The lowest BCUT2D eigenvalue weighted by atomic mass is 10.1. The number of nitrogen functional groups attached to an aromatic ring is 1. The first-order chi connectivity index (χ1) is 11.5. The number of hydrogen-bond acceptors (Lipinski definition) is 7. The van der Waals surface area contributed by atoms with Crippen LogP contribution in [0, 0.1) is 0 Å². The lowest BCUT2D eigenvalue weighted by Gasteiger charge is -2.19. The van der Waals surface area contributed by atoms with E-state index in [4.69, 9.17) is 22.1 Å². The van der Waals surface area contributed by atoms with E-state index < -0.39 is 18.3 Å². The normalized spacial score (nSPS) is 13.1. The Bertz CT molecular complexity index is 666. The van der Waals surface area contributed by atoms with Gasteiger partial charge in [-0.05, 0) is 5.56 Å². The number of nitrogens with two attached hydrogens (primary N) is 1. The lowest BCUT2D eigenvalue weighted by Crippen LogP contribution is -2.36. The van der Waals surface area contributed by atoms with E-state index in [-0.39, 0.29) is 29.7 Å². The number of rotatable bonds is 6. The van der Waals surface area contributed by atoms with Crippen LogP contribution in [0.4, 0.5) is 10.6 Å². The average Bonchev–Trinajstić information content (AvgIpc) is 2.58. The van der Waals surface area contributed by atoms with Gasteiger partial charge in [0.05, 0.1) is 5.56 Å². The molecule has 24 heavy (non-hydrogen) atoms. The summed E-state index contributed by atoms with van der Waals surface area (Å²) in [5.41, 5.74) is 6.44. The average molecular weight is 353 g/mol. The third-order valence-electron chi connectivity index (χ3n) is 3.19. The Morgan fingerprint density at radius 1 is 1.29 bits per heavy atom. The van der Waals surface area contributed by atoms with Gasteiger partial charge in [0.1, 0.15) is 36.1 Å². The lowest BCUT2D eigenvalue weighted by molar-refractivity contribution is 0.0185. The van der Waals surface area contributed by atoms with Crippen molar-refractivity contribution in [3.63, 3.8) is 0 Å². The van der Waals surface area contributed by atoms with Crippen molar-refractivity contribution in [3.8, 4) is 0 Å². The minimum Gasteiger partial charge on any atom is -0.445 e. The topological polar surface area (TPSA) is 131 Å². The molecule has 0 fully saturated rings. The molecule has 0 aliphatic rings. The number of nitrogens with zero attached hydrogens (tertiary/aromatic N) is 2. The van der Waals surface area contributed by atoms with Gasteiger partial charge in [0.2, 0.25) is 0 Å². The number of aromatic nitrogens is 2. The molecule has 0 spiro atoms.